The monoisotopic (exact) mass is 1030 g/mol. The SMILES string of the molecule is COc1ccc(C(OC[C@H]2O[C@@H](n3cc(C)c(=O)[nH]c3=O)C[C@@H]2OP(=O)([Se])OC[C@H]2O[C@@H](n3cc(C)c(=O)[nH]c3=O)C[C@@H]2O[Si](C)(C)C(C)(C)C)(c2ccccc2)c2ccc(OC)cc2)cc1. The second-order valence-corrected chi connectivity index (χ2v) is 27.2. The summed E-state index contributed by atoms with van der Waals surface area (Å²) in [4.78, 5) is 55.6. The number of methoxy groups -OCH3 is 2. The summed E-state index contributed by atoms with van der Waals surface area (Å²) in [6.07, 6.45) is -6.18. The van der Waals surface area contributed by atoms with Crippen molar-refractivity contribution < 1.29 is 41.7 Å². The first kappa shape index (κ1) is 50.2. The van der Waals surface area contributed by atoms with Gasteiger partial charge in [-0.2, -0.15) is 0 Å². The van der Waals surface area contributed by atoms with E-state index in [2.05, 4.69) is 59.4 Å². The maximum absolute atomic E-state index is 14.6. The molecule has 3 aromatic carbocycles. The van der Waals surface area contributed by atoms with Crippen molar-refractivity contribution in [3.8, 4) is 11.5 Å². The van der Waals surface area contributed by atoms with Crippen molar-refractivity contribution in [1.82, 2.24) is 19.1 Å². The van der Waals surface area contributed by atoms with Crippen molar-refractivity contribution in [2.75, 3.05) is 27.4 Å². The number of aromatic nitrogens is 4. The summed E-state index contributed by atoms with van der Waals surface area (Å²) in [5.74, 6) is 1.29. The van der Waals surface area contributed by atoms with Gasteiger partial charge in [-0.3, -0.25) is 0 Å². The Kier molecular flexibility index (Phi) is 15.1. The standard InChI is InChI=1S/C47H58N4O13PSeSi/c1-29-25-50(44(54)48-42(29)52)40-23-36(63-65(56,66)60-28-39-37(64-67(8,9)46(3,4)5)24-41(62-39)51-26-30(2)43(53)49-45(51)55)38(61-40)27-59-47(31-13-11-10-12-14-31,32-15-19-34(57-6)20-16-32)33-17-21-35(58-7)22-18-33/h10-22,25-26,36-41H,23-24,27-28H2,1-9H3,(H,48,52,54)(H,49,53,55)/t36-,37-,38+,39+,40+,41+,65?/m0/s1. The average molecular weight is 1030 g/mol. The molecule has 7 rings (SSSR count). The Morgan fingerprint density at radius 2 is 1.15 bits per heavy atom. The van der Waals surface area contributed by atoms with Crippen LogP contribution in [0, 0.1) is 13.8 Å². The number of hydrogen-bond acceptors (Lipinski definition) is 13. The van der Waals surface area contributed by atoms with E-state index in [1.54, 1.807) is 28.1 Å². The van der Waals surface area contributed by atoms with E-state index in [1.807, 2.05) is 78.9 Å². The van der Waals surface area contributed by atoms with Gasteiger partial charge >= 0.3 is 385 Å². The van der Waals surface area contributed by atoms with Crippen LogP contribution in [0.3, 0.4) is 0 Å². The molecule has 359 valence electrons. The molecule has 20 heteroatoms. The Balaban J connectivity index is 1.21. The number of H-pyrrole nitrogens is 2. The predicted octanol–water partition coefficient (Wildman–Crippen LogP) is 6.37. The molecule has 4 heterocycles. The number of ether oxygens (including phenoxy) is 5. The van der Waals surface area contributed by atoms with Crippen molar-refractivity contribution in [3.05, 3.63) is 161 Å². The van der Waals surface area contributed by atoms with E-state index in [-0.39, 0.29) is 36.7 Å². The first-order chi connectivity index (χ1) is 31.6. The van der Waals surface area contributed by atoms with Gasteiger partial charge in [0.05, 0.1) is 14.2 Å². The van der Waals surface area contributed by atoms with E-state index in [0.717, 1.165) is 16.7 Å². The first-order valence-corrected chi connectivity index (χ1v) is 28.6. The molecule has 17 nitrogen and oxygen atoms in total. The first-order valence-electron chi connectivity index (χ1n) is 21.9. The van der Waals surface area contributed by atoms with Crippen LogP contribution in [0.25, 0.3) is 0 Å². The van der Waals surface area contributed by atoms with Gasteiger partial charge in [0, 0.05) is 0 Å². The molecule has 1 radical (unpaired) electrons. The Morgan fingerprint density at radius 1 is 0.701 bits per heavy atom. The minimum atomic E-state index is -4.14. The van der Waals surface area contributed by atoms with E-state index in [4.69, 9.17) is 37.2 Å². The quantitative estimate of drug-likeness (QED) is 0.0592. The number of hydrogen-bond donors (Lipinski definition) is 2. The number of benzene rings is 3. The van der Waals surface area contributed by atoms with Crippen molar-refractivity contribution in [2.24, 2.45) is 0 Å². The van der Waals surface area contributed by atoms with Crippen LogP contribution >= 0.6 is 6.29 Å². The summed E-state index contributed by atoms with van der Waals surface area (Å²) in [5.41, 5.74) is -0.730. The van der Waals surface area contributed by atoms with Gasteiger partial charge in [-0.1, -0.05) is 0 Å². The van der Waals surface area contributed by atoms with Gasteiger partial charge in [-0.25, -0.2) is 0 Å². The normalized spacial score (nSPS) is 22.1. The molecular formula is C47H58N4O13PSeSi. The molecule has 2 N–H and O–H groups in total. The second-order valence-electron chi connectivity index (χ2n) is 18.3. The summed E-state index contributed by atoms with van der Waals surface area (Å²) < 4.78 is 67.7. The van der Waals surface area contributed by atoms with Crippen LogP contribution in [0.2, 0.25) is 18.1 Å². The molecule has 2 aromatic heterocycles. The summed E-state index contributed by atoms with van der Waals surface area (Å²) >= 11 is 2.62. The Bertz CT molecular complexity index is 2760. The second kappa shape index (κ2) is 20.1. The predicted molar refractivity (Wildman–Crippen MR) is 254 cm³/mol. The molecule has 0 bridgehead atoms. The van der Waals surface area contributed by atoms with Crippen LogP contribution in [0.1, 0.15) is 73.9 Å². The van der Waals surface area contributed by atoms with Crippen LogP contribution in [0.4, 0.5) is 0 Å². The van der Waals surface area contributed by atoms with Crippen molar-refractivity contribution >= 4 is 30.2 Å². The van der Waals surface area contributed by atoms with Crippen molar-refractivity contribution in [3.63, 3.8) is 0 Å². The van der Waals surface area contributed by atoms with E-state index in [0.29, 0.717) is 17.1 Å². The number of rotatable bonds is 17. The molecule has 0 aliphatic carbocycles. The molecular weight excluding hydrogens is 967 g/mol. The topological polar surface area (TPSA) is 201 Å². The van der Waals surface area contributed by atoms with Crippen LogP contribution in [0.15, 0.2) is 110 Å². The van der Waals surface area contributed by atoms with Crippen LogP contribution in [-0.2, 0) is 37.9 Å². The molecule has 2 aliphatic heterocycles. The zero-order chi connectivity index (χ0) is 48.5. The van der Waals surface area contributed by atoms with Crippen molar-refractivity contribution in [1.29, 1.82) is 0 Å². The summed E-state index contributed by atoms with van der Waals surface area (Å²) in [6.45, 7) is 13.3. The third-order valence-corrected chi connectivity index (χ3v) is 19.5. The Morgan fingerprint density at radius 3 is 1.61 bits per heavy atom. The Hall–Kier alpha value is -4.65. The number of aromatic amines is 2. The number of nitrogens with one attached hydrogen (secondary N) is 2. The fourth-order valence-corrected chi connectivity index (χ4v) is 11.5. The number of aryl methyl sites for hydroxylation is 2. The zero-order valence-electron chi connectivity index (χ0n) is 39.0. The molecule has 67 heavy (non-hydrogen) atoms. The number of nitrogens with zero attached hydrogens (tertiary/aromatic N) is 2. The summed E-state index contributed by atoms with van der Waals surface area (Å²) in [7, 11) is 0.749. The van der Waals surface area contributed by atoms with Gasteiger partial charge in [0.1, 0.15) is 0 Å². The van der Waals surface area contributed by atoms with Crippen molar-refractivity contribution in [2.45, 2.75) is 108 Å². The average Bonchev–Trinajstić information content (AvgIpc) is 3.88. The molecule has 2 aliphatic rings. The van der Waals surface area contributed by atoms with Crippen LogP contribution in [0.5, 0.6) is 11.5 Å². The maximum atomic E-state index is 14.6. The third kappa shape index (κ3) is 11.0. The summed E-state index contributed by atoms with van der Waals surface area (Å²) in [6, 6.07) is 24.7. The van der Waals surface area contributed by atoms with Crippen LogP contribution in [-0.4, -0.2) is 94.8 Å². The van der Waals surface area contributed by atoms with E-state index < -0.39 is 79.6 Å². The molecule has 0 saturated carbocycles. The van der Waals surface area contributed by atoms with Gasteiger partial charge < -0.3 is 0 Å². The molecule has 0 amide bonds. The Labute approximate surface area is 397 Å². The fraction of sp³-hybridized carbons (Fsp3) is 0.447. The molecule has 2 fully saturated rings. The van der Waals surface area contributed by atoms with Gasteiger partial charge in [0.15, 0.2) is 0 Å². The van der Waals surface area contributed by atoms with Gasteiger partial charge in [-0.05, 0) is 0 Å². The molecule has 7 atom stereocenters. The molecule has 0 spiro atoms. The minimum absolute atomic E-state index is 0.00540. The van der Waals surface area contributed by atoms with Crippen LogP contribution < -0.4 is 32.0 Å². The van der Waals surface area contributed by atoms with E-state index in [1.165, 1.54) is 21.5 Å². The zero-order valence-corrected chi connectivity index (χ0v) is 42.6. The van der Waals surface area contributed by atoms with Gasteiger partial charge in [-0.15, -0.1) is 0 Å². The molecule has 1 unspecified atom stereocenters. The fourth-order valence-electron chi connectivity index (χ4n) is 8.08. The molecule has 5 aromatic rings. The third-order valence-electron chi connectivity index (χ3n) is 12.8. The van der Waals surface area contributed by atoms with E-state index >= 15 is 0 Å². The van der Waals surface area contributed by atoms with E-state index in [9.17, 15) is 23.7 Å². The van der Waals surface area contributed by atoms with Gasteiger partial charge in [0.2, 0.25) is 0 Å². The van der Waals surface area contributed by atoms with Gasteiger partial charge in [0.25, 0.3) is 0 Å². The summed E-state index contributed by atoms with van der Waals surface area (Å²) in [5, 5.41) is -0.180. The molecule has 2 saturated heterocycles.